The highest BCUT2D eigenvalue weighted by Gasteiger charge is 2.44. The average Bonchev–Trinajstić information content (AvgIpc) is 2.90. The van der Waals surface area contributed by atoms with Gasteiger partial charge in [0.15, 0.2) is 0 Å². The molecule has 4 atom stereocenters. The van der Waals surface area contributed by atoms with Gasteiger partial charge in [0.25, 0.3) is 11.5 Å². The zero-order valence-corrected chi connectivity index (χ0v) is 12.9. The molecular weight excluding hydrogens is 332 g/mol. The van der Waals surface area contributed by atoms with Gasteiger partial charge in [-0.1, -0.05) is 18.2 Å². The number of aliphatic hydroxyl groups excluding tert-OH is 3. The fourth-order valence-corrected chi connectivity index (χ4v) is 2.72. The number of carbonyl (C=O) groups excluding carboxylic acids is 1. The molecule has 1 saturated heterocycles. The van der Waals surface area contributed by atoms with Crippen LogP contribution < -0.4 is 11.2 Å². The van der Waals surface area contributed by atoms with E-state index in [0.717, 1.165) is 6.20 Å². The molecule has 0 aliphatic carbocycles. The van der Waals surface area contributed by atoms with Crippen molar-refractivity contribution < 1.29 is 24.9 Å². The van der Waals surface area contributed by atoms with Gasteiger partial charge in [-0.05, 0) is 12.1 Å². The van der Waals surface area contributed by atoms with Gasteiger partial charge in [-0.2, -0.15) is 0 Å². The van der Waals surface area contributed by atoms with Gasteiger partial charge in [0.2, 0.25) is 0 Å². The van der Waals surface area contributed by atoms with Crippen LogP contribution in [-0.4, -0.2) is 55.7 Å². The minimum absolute atomic E-state index is 0.202. The van der Waals surface area contributed by atoms with E-state index in [1.54, 1.807) is 18.2 Å². The lowest BCUT2D eigenvalue weighted by molar-refractivity contribution is -0.0233. The van der Waals surface area contributed by atoms with Crippen molar-refractivity contribution in [2.24, 2.45) is 0 Å². The predicted octanol–water partition coefficient (Wildman–Crippen LogP) is -1.62. The van der Waals surface area contributed by atoms with Gasteiger partial charge >= 0.3 is 5.69 Å². The van der Waals surface area contributed by atoms with Gasteiger partial charge < -0.3 is 20.1 Å². The van der Waals surface area contributed by atoms with E-state index in [1.165, 1.54) is 12.1 Å². The van der Waals surface area contributed by atoms with Crippen molar-refractivity contribution in [2.45, 2.75) is 24.4 Å². The molecular formula is C16H16N2O7. The molecule has 2 aromatic rings. The molecule has 132 valence electrons. The Morgan fingerprint density at radius 3 is 2.44 bits per heavy atom. The molecule has 0 radical (unpaired) electrons. The number of benzene rings is 1. The Morgan fingerprint density at radius 1 is 1.16 bits per heavy atom. The second-order valence-electron chi connectivity index (χ2n) is 5.64. The molecule has 9 heteroatoms. The lowest BCUT2D eigenvalue weighted by Crippen LogP contribution is -2.38. The van der Waals surface area contributed by atoms with E-state index in [4.69, 9.17) is 9.84 Å². The third-order valence-corrected chi connectivity index (χ3v) is 4.06. The van der Waals surface area contributed by atoms with Gasteiger partial charge in [-0.3, -0.25) is 14.6 Å². The van der Waals surface area contributed by atoms with Gasteiger partial charge in [0.05, 0.1) is 12.2 Å². The van der Waals surface area contributed by atoms with Crippen LogP contribution >= 0.6 is 0 Å². The first-order valence-corrected chi connectivity index (χ1v) is 7.52. The van der Waals surface area contributed by atoms with Crippen LogP contribution in [0.15, 0.2) is 46.1 Å². The summed E-state index contributed by atoms with van der Waals surface area (Å²) >= 11 is 0. The topological polar surface area (TPSA) is 142 Å². The molecule has 0 amide bonds. The number of carbonyl (C=O) groups is 1. The molecule has 2 heterocycles. The summed E-state index contributed by atoms with van der Waals surface area (Å²) in [5.41, 5.74) is -1.76. The quantitative estimate of drug-likeness (QED) is 0.522. The second-order valence-corrected chi connectivity index (χ2v) is 5.64. The Kier molecular flexibility index (Phi) is 4.64. The number of aromatic amines is 1. The predicted molar refractivity (Wildman–Crippen MR) is 84.2 cm³/mol. The van der Waals surface area contributed by atoms with Crippen LogP contribution in [0.4, 0.5) is 0 Å². The standard InChI is InChI=1S/C16H16N2O7/c19-7-10-11(20)12(21)13(25-10)9-6-18(16(24)17-14(9)22)15(23)8-4-2-1-3-5-8/h1-6,10-13,19-21H,7H2,(H,17,22,24)/t10-,11-,12-,13+/m1/s1. The Balaban J connectivity index is 2.04. The maximum Gasteiger partial charge on any atom is 0.335 e. The summed E-state index contributed by atoms with van der Waals surface area (Å²) in [5, 5.41) is 29.0. The smallest absolute Gasteiger partial charge is 0.335 e. The summed E-state index contributed by atoms with van der Waals surface area (Å²) in [7, 11) is 0. The van der Waals surface area contributed by atoms with E-state index < -0.39 is 48.2 Å². The highest BCUT2D eigenvalue weighted by Crippen LogP contribution is 2.31. The van der Waals surface area contributed by atoms with Crippen molar-refractivity contribution >= 4 is 5.91 Å². The summed E-state index contributed by atoms with van der Waals surface area (Å²) in [6, 6.07) is 7.96. The van der Waals surface area contributed by atoms with E-state index >= 15 is 0 Å². The van der Waals surface area contributed by atoms with E-state index in [1.807, 2.05) is 4.98 Å². The van der Waals surface area contributed by atoms with Crippen molar-refractivity contribution in [1.29, 1.82) is 0 Å². The molecule has 1 aromatic carbocycles. The van der Waals surface area contributed by atoms with Crippen molar-refractivity contribution in [1.82, 2.24) is 9.55 Å². The van der Waals surface area contributed by atoms with Gasteiger partial charge in [-0.25, -0.2) is 9.36 Å². The van der Waals surface area contributed by atoms with Crippen molar-refractivity contribution in [3.63, 3.8) is 0 Å². The van der Waals surface area contributed by atoms with E-state index in [-0.39, 0.29) is 11.1 Å². The summed E-state index contributed by atoms with van der Waals surface area (Å²) in [6.07, 6.45) is -4.27. The first-order valence-electron chi connectivity index (χ1n) is 7.52. The summed E-state index contributed by atoms with van der Waals surface area (Å²) in [6.45, 7) is -0.560. The van der Waals surface area contributed by atoms with Gasteiger partial charge in [-0.15, -0.1) is 0 Å². The lowest BCUT2D eigenvalue weighted by Gasteiger charge is -2.15. The average molecular weight is 348 g/mol. The number of ether oxygens (including phenoxy) is 1. The molecule has 0 spiro atoms. The Hall–Kier alpha value is -2.59. The number of hydrogen-bond acceptors (Lipinski definition) is 7. The Labute approximate surface area is 140 Å². The van der Waals surface area contributed by atoms with Gasteiger partial charge in [0.1, 0.15) is 24.4 Å². The molecule has 25 heavy (non-hydrogen) atoms. The molecule has 1 fully saturated rings. The number of H-pyrrole nitrogens is 1. The molecule has 1 aromatic heterocycles. The summed E-state index contributed by atoms with van der Waals surface area (Å²) in [5.74, 6) is -0.671. The molecule has 0 saturated carbocycles. The first-order chi connectivity index (χ1) is 11.9. The van der Waals surface area contributed by atoms with Crippen LogP contribution in [0.5, 0.6) is 0 Å². The van der Waals surface area contributed by atoms with Crippen LogP contribution in [0.1, 0.15) is 22.0 Å². The fraction of sp³-hybridized carbons (Fsp3) is 0.312. The molecule has 0 bridgehead atoms. The van der Waals surface area contributed by atoms with Crippen molar-refractivity contribution in [2.75, 3.05) is 6.61 Å². The maximum atomic E-state index is 12.5. The summed E-state index contributed by atoms with van der Waals surface area (Å²) in [4.78, 5) is 38.5. The zero-order chi connectivity index (χ0) is 18.1. The second kappa shape index (κ2) is 6.73. The van der Waals surface area contributed by atoms with Crippen LogP contribution in [0.3, 0.4) is 0 Å². The van der Waals surface area contributed by atoms with E-state index in [9.17, 15) is 24.6 Å². The number of aromatic nitrogens is 2. The fourth-order valence-electron chi connectivity index (χ4n) is 2.72. The van der Waals surface area contributed by atoms with Crippen LogP contribution in [0.2, 0.25) is 0 Å². The number of nitrogens with zero attached hydrogens (tertiary/aromatic N) is 1. The zero-order valence-electron chi connectivity index (χ0n) is 12.9. The third-order valence-electron chi connectivity index (χ3n) is 4.06. The summed E-state index contributed by atoms with van der Waals surface area (Å²) < 4.78 is 5.98. The Bertz CT molecular complexity index is 889. The lowest BCUT2D eigenvalue weighted by atomic mass is 10.0. The highest BCUT2D eigenvalue weighted by atomic mass is 16.6. The Morgan fingerprint density at radius 2 is 1.84 bits per heavy atom. The van der Waals surface area contributed by atoms with E-state index in [2.05, 4.69) is 0 Å². The molecule has 3 rings (SSSR count). The van der Waals surface area contributed by atoms with Crippen LogP contribution in [0.25, 0.3) is 0 Å². The number of aliphatic hydroxyl groups is 3. The number of rotatable bonds is 3. The monoisotopic (exact) mass is 348 g/mol. The molecule has 1 aliphatic heterocycles. The first kappa shape index (κ1) is 17.2. The molecule has 9 nitrogen and oxygen atoms in total. The highest BCUT2D eigenvalue weighted by molar-refractivity contribution is 5.95. The molecule has 0 unspecified atom stereocenters. The third kappa shape index (κ3) is 3.05. The minimum atomic E-state index is -1.49. The number of hydrogen-bond donors (Lipinski definition) is 4. The van der Waals surface area contributed by atoms with Gasteiger partial charge in [0, 0.05) is 11.8 Å². The maximum absolute atomic E-state index is 12.5. The van der Waals surface area contributed by atoms with E-state index in [0.29, 0.717) is 4.57 Å². The molecule has 4 N–H and O–H groups in total. The van der Waals surface area contributed by atoms with Crippen molar-refractivity contribution in [3.8, 4) is 0 Å². The largest absolute Gasteiger partial charge is 0.394 e. The van der Waals surface area contributed by atoms with Crippen LogP contribution in [-0.2, 0) is 4.74 Å². The molecule has 1 aliphatic rings. The SMILES string of the molecule is O=C(c1ccccc1)n1cc([C@@H]2O[C@H](CO)[C@@H](O)[C@H]2O)c(=O)[nH]c1=O. The number of nitrogens with one attached hydrogen (secondary N) is 1. The normalized spacial score (nSPS) is 25.9. The van der Waals surface area contributed by atoms with Crippen LogP contribution in [0, 0.1) is 0 Å². The van der Waals surface area contributed by atoms with Crippen molar-refractivity contribution in [3.05, 3.63) is 68.5 Å². The minimum Gasteiger partial charge on any atom is -0.394 e.